The molecule has 0 saturated carbocycles. The first-order valence-electron chi connectivity index (χ1n) is 9.34. The molecule has 1 aromatic carbocycles. The van der Waals surface area contributed by atoms with Crippen LogP contribution in [0.15, 0.2) is 29.3 Å². The molecule has 152 valence electrons. The molecule has 0 spiro atoms. The maximum absolute atomic E-state index is 12.5. The van der Waals surface area contributed by atoms with Crippen molar-refractivity contribution in [2.45, 2.75) is 52.1 Å². The fraction of sp³-hybridized carbons (Fsp3) is 0.632. The average molecular weight is 386 g/mol. The largest absolute Gasteiger partial charge is 0.491 e. The summed E-state index contributed by atoms with van der Waals surface area (Å²) in [5.41, 5.74) is 1.04. The molecule has 1 unspecified atom stereocenters. The van der Waals surface area contributed by atoms with E-state index in [2.05, 4.69) is 15.6 Å². The van der Waals surface area contributed by atoms with Gasteiger partial charge in [0.25, 0.3) is 0 Å². The first kappa shape index (κ1) is 21.3. The van der Waals surface area contributed by atoms with Gasteiger partial charge in [-0.15, -0.1) is 0 Å². The number of nitrogens with one attached hydrogen (secondary N) is 2. The minimum atomic E-state index is -4.15. The van der Waals surface area contributed by atoms with E-state index in [1.54, 1.807) is 0 Å². The third-order valence-corrected chi connectivity index (χ3v) is 4.08. The van der Waals surface area contributed by atoms with Crippen LogP contribution in [0.2, 0.25) is 0 Å². The summed E-state index contributed by atoms with van der Waals surface area (Å²) in [7, 11) is 0. The van der Waals surface area contributed by atoms with Gasteiger partial charge >= 0.3 is 6.18 Å². The van der Waals surface area contributed by atoms with Crippen LogP contribution in [0, 0.1) is 0 Å². The van der Waals surface area contributed by atoms with Gasteiger partial charge in [-0.3, -0.25) is 4.90 Å². The Balaban J connectivity index is 1.89. The van der Waals surface area contributed by atoms with Crippen molar-refractivity contribution in [2.24, 2.45) is 4.99 Å². The molecule has 0 bridgehead atoms. The number of guanidine groups is 1. The highest BCUT2D eigenvalue weighted by Crippen LogP contribution is 2.20. The van der Waals surface area contributed by atoms with Crippen LogP contribution < -0.4 is 15.4 Å². The standard InChI is InChI=1S/C19H29F3N4O/c1-4-23-18(25-16-9-10-26(12-16)13-19(20,21)22)24-11-15-5-7-17(8-6-15)27-14(2)3/h5-8,14,16H,4,9-13H2,1-3H3,(H2,23,24,25). The van der Waals surface area contributed by atoms with Crippen molar-refractivity contribution in [1.29, 1.82) is 0 Å². The lowest BCUT2D eigenvalue weighted by atomic mass is 10.2. The molecule has 2 N–H and O–H groups in total. The summed E-state index contributed by atoms with van der Waals surface area (Å²) in [4.78, 5) is 5.98. The van der Waals surface area contributed by atoms with E-state index in [9.17, 15) is 13.2 Å². The Morgan fingerprint density at radius 1 is 1.30 bits per heavy atom. The predicted octanol–water partition coefficient (Wildman–Crippen LogP) is 3.17. The third-order valence-electron chi connectivity index (χ3n) is 4.08. The number of rotatable bonds is 7. The van der Waals surface area contributed by atoms with Crippen molar-refractivity contribution in [2.75, 3.05) is 26.2 Å². The highest BCUT2D eigenvalue weighted by atomic mass is 19.4. The molecule has 27 heavy (non-hydrogen) atoms. The maximum atomic E-state index is 12.5. The molecule has 0 radical (unpaired) electrons. The van der Waals surface area contributed by atoms with Crippen LogP contribution in [0.4, 0.5) is 13.2 Å². The van der Waals surface area contributed by atoms with Gasteiger partial charge in [0, 0.05) is 25.7 Å². The van der Waals surface area contributed by atoms with Gasteiger partial charge < -0.3 is 15.4 Å². The molecule has 1 aromatic rings. The van der Waals surface area contributed by atoms with Gasteiger partial charge in [-0.05, 0) is 44.9 Å². The van der Waals surface area contributed by atoms with Gasteiger partial charge in [-0.25, -0.2) is 4.99 Å². The third kappa shape index (κ3) is 8.07. The van der Waals surface area contributed by atoms with Gasteiger partial charge in [0.2, 0.25) is 0 Å². The summed E-state index contributed by atoms with van der Waals surface area (Å²) in [5, 5.41) is 6.40. The number of alkyl halides is 3. The van der Waals surface area contributed by atoms with E-state index >= 15 is 0 Å². The first-order valence-corrected chi connectivity index (χ1v) is 9.34. The molecule has 1 saturated heterocycles. The molecule has 1 heterocycles. The molecule has 0 aliphatic carbocycles. The molecule has 1 aliphatic rings. The van der Waals surface area contributed by atoms with E-state index in [0.29, 0.717) is 38.6 Å². The Hall–Kier alpha value is -1.96. The van der Waals surface area contributed by atoms with Crippen LogP contribution >= 0.6 is 0 Å². The molecule has 2 rings (SSSR count). The fourth-order valence-corrected chi connectivity index (χ4v) is 2.98. The minimum Gasteiger partial charge on any atom is -0.491 e. The van der Waals surface area contributed by atoms with Crippen LogP contribution in [0.3, 0.4) is 0 Å². The summed E-state index contributed by atoms with van der Waals surface area (Å²) in [6.45, 7) is 7.03. The van der Waals surface area contributed by atoms with Gasteiger partial charge in [-0.1, -0.05) is 12.1 Å². The van der Waals surface area contributed by atoms with Crippen LogP contribution in [-0.4, -0.2) is 55.4 Å². The predicted molar refractivity (Wildman–Crippen MR) is 101 cm³/mol. The van der Waals surface area contributed by atoms with E-state index < -0.39 is 12.7 Å². The average Bonchev–Trinajstić information content (AvgIpc) is 2.98. The molecular formula is C19H29F3N4O. The summed E-state index contributed by atoms with van der Waals surface area (Å²) < 4.78 is 43.2. The SMILES string of the molecule is CCNC(=NCc1ccc(OC(C)C)cc1)NC1CCN(CC(F)(F)F)C1. The number of aliphatic imine (C=N–C) groups is 1. The van der Waals surface area contributed by atoms with E-state index in [1.165, 1.54) is 4.90 Å². The second kappa shape index (κ2) is 9.82. The molecule has 1 aliphatic heterocycles. The van der Waals surface area contributed by atoms with E-state index in [0.717, 1.165) is 11.3 Å². The molecule has 1 fully saturated rings. The Morgan fingerprint density at radius 2 is 2.00 bits per heavy atom. The molecule has 1 atom stereocenters. The Bertz CT molecular complexity index is 602. The second-order valence-electron chi connectivity index (χ2n) is 6.99. The maximum Gasteiger partial charge on any atom is 0.401 e. The van der Waals surface area contributed by atoms with Crippen molar-refractivity contribution >= 4 is 5.96 Å². The fourth-order valence-electron chi connectivity index (χ4n) is 2.98. The van der Waals surface area contributed by atoms with Crippen molar-refractivity contribution in [3.05, 3.63) is 29.8 Å². The van der Waals surface area contributed by atoms with Gasteiger partial charge in [0.15, 0.2) is 5.96 Å². The van der Waals surface area contributed by atoms with Crippen LogP contribution in [0.5, 0.6) is 5.75 Å². The van der Waals surface area contributed by atoms with Gasteiger partial charge in [0.05, 0.1) is 19.2 Å². The normalized spacial score (nSPS) is 18.8. The van der Waals surface area contributed by atoms with E-state index in [-0.39, 0.29) is 12.1 Å². The number of ether oxygens (including phenoxy) is 1. The molecule has 5 nitrogen and oxygen atoms in total. The molecule has 0 aromatic heterocycles. The summed E-state index contributed by atoms with van der Waals surface area (Å²) in [6, 6.07) is 7.72. The van der Waals surface area contributed by atoms with E-state index in [4.69, 9.17) is 4.74 Å². The number of halogens is 3. The molecule has 8 heteroatoms. The van der Waals surface area contributed by atoms with E-state index in [1.807, 2.05) is 45.0 Å². The summed E-state index contributed by atoms with van der Waals surface area (Å²) in [5.74, 6) is 1.44. The Kier molecular flexibility index (Phi) is 7.77. The monoisotopic (exact) mass is 386 g/mol. The second-order valence-corrected chi connectivity index (χ2v) is 6.99. The zero-order chi connectivity index (χ0) is 19.9. The van der Waals surface area contributed by atoms with Crippen molar-refractivity contribution in [3.8, 4) is 5.75 Å². The zero-order valence-corrected chi connectivity index (χ0v) is 16.1. The first-order chi connectivity index (χ1) is 12.7. The van der Waals surface area contributed by atoms with Gasteiger partial charge in [-0.2, -0.15) is 13.2 Å². The highest BCUT2D eigenvalue weighted by Gasteiger charge is 2.34. The van der Waals surface area contributed by atoms with Gasteiger partial charge in [0.1, 0.15) is 5.75 Å². The van der Waals surface area contributed by atoms with Crippen molar-refractivity contribution < 1.29 is 17.9 Å². The topological polar surface area (TPSA) is 48.9 Å². The number of likely N-dealkylation sites (tertiary alicyclic amines) is 1. The van der Waals surface area contributed by atoms with Crippen molar-refractivity contribution in [3.63, 3.8) is 0 Å². The molecule has 0 amide bonds. The lowest BCUT2D eigenvalue weighted by molar-refractivity contribution is -0.143. The Labute approximate surface area is 159 Å². The molecular weight excluding hydrogens is 357 g/mol. The summed E-state index contributed by atoms with van der Waals surface area (Å²) >= 11 is 0. The minimum absolute atomic E-state index is 0.0352. The number of nitrogens with zero attached hydrogens (tertiary/aromatic N) is 2. The Morgan fingerprint density at radius 3 is 2.59 bits per heavy atom. The quantitative estimate of drug-likeness (QED) is 0.558. The lowest BCUT2D eigenvalue weighted by Gasteiger charge is -2.19. The van der Waals surface area contributed by atoms with Crippen LogP contribution in [0.1, 0.15) is 32.8 Å². The highest BCUT2D eigenvalue weighted by molar-refractivity contribution is 5.80. The number of benzene rings is 1. The van der Waals surface area contributed by atoms with Crippen LogP contribution in [0.25, 0.3) is 0 Å². The summed E-state index contributed by atoms with van der Waals surface area (Å²) in [6.07, 6.45) is -3.36. The zero-order valence-electron chi connectivity index (χ0n) is 16.1. The van der Waals surface area contributed by atoms with Crippen molar-refractivity contribution in [1.82, 2.24) is 15.5 Å². The smallest absolute Gasteiger partial charge is 0.401 e. The lowest BCUT2D eigenvalue weighted by Crippen LogP contribution is -2.45. The number of hydrogen-bond acceptors (Lipinski definition) is 3. The van der Waals surface area contributed by atoms with Crippen LogP contribution in [-0.2, 0) is 6.54 Å². The number of hydrogen-bond donors (Lipinski definition) is 2.